The second-order valence-electron chi connectivity index (χ2n) is 4.61. The van der Waals surface area contributed by atoms with Crippen LogP contribution >= 0.6 is 31.9 Å². The van der Waals surface area contributed by atoms with Gasteiger partial charge in [0.05, 0.1) is 5.69 Å². The van der Waals surface area contributed by atoms with E-state index in [1.165, 1.54) is 0 Å². The molecule has 0 aliphatic rings. The summed E-state index contributed by atoms with van der Waals surface area (Å²) in [4.78, 5) is 12.4. The summed E-state index contributed by atoms with van der Waals surface area (Å²) in [6.07, 6.45) is 0. The first kappa shape index (κ1) is 15.1. The third kappa shape index (κ3) is 3.22. The van der Waals surface area contributed by atoms with Crippen molar-refractivity contribution in [1.82, 2.24) is 0 Å². The van der Waals surface area contributed by atoms with Crippen LogP contribution in [-0.2, 0) is 0 Å². The van der Waals surface area contributed by atoms with Crippen molar-refractivity contribution in [3.05, 3.63) is 56.0 Å². The van der Waals surface area contributed by atoms with Crippen LogP contribution in [0.15, 0.2) is 39.3 Å². The van der Waals surface area contributed by atoms with Gasteiger partial charge in [0.1, 0.15) is 0 Å². The molecule has 5 heteroatoms. The SMILES string of the molecule is Cc1ccc(Br)c(NC(=O)c2cc(Br)cc(N)c2C)c1. The number of aryl methyl sites for hydroxylation is 1. The summed E-state index contributed by atoms with van der Waals surface area (Å²) in [6, 6.07) is 9.35. The van der Waals surface area contributed by atoms with Crippen LogP contribution in [0.1, 0.15) is 21.5 Å². The first-order valence-electron chi connectivity index (χ1n) is 6.01. The van der Waals surface area contributed by atoms with Crippen molar-refractivity contribution in [1.29, 1.82) is 0 Å². The van der Waals surface area contributed by atoms with Crippen LogP contribution in [0.4, 0.5) is 11.4 Å². The molecular weight excluding hydrogens is 384 g/mol. The highest BCUT2D eigenvalue weighted by atomic mass is 79.9. The van der Waals surface area contributed by atoms with Gasteiger partial charge >= 0.3 is 0 Å². The van der Waals surface area contributed by atoms with Crippen molar-refractivity contribution in [3.8, 4) is 0 Å². The Morgan fingerprint density at radius 2 is 1.85 bits per heavy atom. The lowest BCUT2D eigenvalue weighted by molar-refractivity contribution is 0.102. The van der Waals surface area contributed by atoms with E-state index >= 15 is 0 Å². The molecule has 0 bridgehead atoms. The Kier molecular flexibility index (Phi) is 4.50. The van der Waals surface area contributed by atoms with Crippen molar-refractivity contribution < 1.29 is 4.79 Å². The van der Waals surface area contributed by atoms with Crippen LogP contribution in [0.25, 0.3) is 0 Å². The molecule has 0 aliphatic carbocycles. The number of carbonyl (C=O) groups excluding carboxylic acids is 1. The molecule has 20 heavy (non-hydrogen) atoms. The van der Waals surface area contributed by atoms with Crippen LogP contribution in [-0.4, -0.2) is 5.91 Å². The average molecular weight is 398 g/mol. The molecule has 3 nitrogen and oxygen atoms in total. The van der Waals surface area contributed by atoms with E-state index in [1.54, 1.807) is 12.1 Å². The van der Waals surface area contributed by atoms with Gasteiger partial charge in [-0.25, -0.2) is 0 Å². The van der Waals surface area contributed by atoms with Gasteiger partial charge < -0.3 is 11.1 Å². The summed E-state index contributed by atoms with van der Waals surface area (Å²) in [5.41, 5.74) is 9.63. The molecular formula is C15H14Br2N2O. The largest absolute Gasteiger partial charge is 0.398 e. The minimum atomic E-state index is -0.179. The molecule has 0 aromatic heterocycles. The first-order valence-corrected chi connectivity index (χ1v) is 7.60. The van der Waals surface area contributed by atoms with Gasteiger partial charge in [0.25, 0.3) is 5.91 Å². The highest BCUT2D eigenvalue weighted by Gasteiger charge is 2.13. The fourth-order valence-corrected chi connectivity index (χ4v) is 2.68. The van der Waals surface area contributed by atoms with E-state index in [0.717, 1.165) is 25.8 Å². The first-order chi connectivity index (χ1) is 9.38. The van der Waals surface area contributed by atoms with Crippen LogP contribution in [0, 0.1) is 13.8 Å². The number of halogens is 2. The molecule has 1 amide bonds. The fourth-order valence-electron chi connectivity index (χ4n) is 1.86. The molecule has 0 saturated carbocycles. The second-order valence-corrected chi connectivity index (χ2v) is 6.38. The van der Waals surface area contributed by atoms with Gasteiger partial charge in [-0.3, -0.25) is 4.79 Å². The Morgan fingerprint density at radius 1 is 1.15 bits per heavy atom. The van der Waals surface area contributed by atoms with Crippen molar-refractivity contribution in [2.24, 2.45) is 0 Å². The molecule has 2 aromatic rings. The molecule has 2 rings (SSSR count). The minimum absolute atomic E-state index is 0.179. The highest BCUT2D eigenvalue weighted by Crippen LogP contribution is 2.26. The van der Waals surface area contributed by atoms with Crippen LogP contribution in [0.3, 0.4) is 0 Å². The summed E-state index contributed by atoms with van der Waals surface area (Å²) >= 11 is 6.79. The highest BCUT2D eigenvalue weighted by molar-refractivity contribution is 9.10. The maximum absolute atomic E-state index is 12.4. The maximum Gasteiger partial charge on any atom is 0.256 e. The van der Waals surface area contributed by atoms with Crippen LogP contribution < -0.4 is 11.1 Å². The lowest BCUT2D eigenvalue weighted by Gasteiger charge is -2.12. The van der Waals surface area contributed by atoms with E-state index in [1.807, 2.05) is 32.0 Å². The standard InChI is InChI=1S/C15H14Br2N2O/c1-8-3-4-12(17)14(5-8)19-15(20)11-6-10(16)7-13(18)9(11)2/h3-7H,18H2,1-2H3,(H,19,20). The third-order valence-corrected chi connectivity index (χ3v) is 4.18. The monoisotopic (exact) mass is 396 g/mol. The van der Waals surface area contributed by atoms with Gasteiger partial charge in [0.2, 0.25) is 0 Å². The van der Waals surface area contributed by atoms with Gasteiger partial charge in [-0.2, -0.15) is 0 Å². The smallest absolute Gasteiger partial charge is 0.256 e. The molecule has 0 heterocycles. The Morgan fingerprint density at radius 3 is 2.55 bits per heavy atom. The predicted octanol–water partition coefficient (Wildman–Crippen LogP) is 4.66. The molecule has 0 saturated heterocycles. The number of hydrogen-bond donors (Lipinski definition) is 2. The number of amides is 1. The van der Waals surface area contributed by atoms with E-state index in [0.29, 0.717) is 11.3 Å². The van der Waals surface area contributed by atoms with Crippen molar-refractivity contribution in [2.75, 3.05) is 11.1 Å². The number of carbonyl (C=O) groups is 1. The number of nitrogens with two attached hydrogens (primary N) is 1. The van der Waals surface area contributed by atoms with Crippen molar-refractivity contribution in [2.45, 2.75) is 13.8 Å². The lowest BCUT2D eigenvalue weighted by atomic mass is 10.1. The number of nitrogens with one attached hydrogen (secondary N) is 1. The number of hydrogen-bond acceptors (Lipinski definition) is 2. The summed E-state index contributed by atoms with van der Waals surface area (Å²) in [5, 5.41) is 2.90. The van der Waals surface area contributed by atoms with Gasteiger partial charge in [0, 0.05) is 20.2 Å². The summed E-state index contributed by atoms with van der Waals surface area (Å²) in [5.74, 6) is -0.179. The summed E-state index contributed by atoms with van der Waals surface area (Å²) in [6.45, 7) is 3.81. The summed E-state index contributed by atoms with van der Waals surface area (Å²) in [7, 11) is 0. The van der Waals surface area contributed by atoms with Crippen molar-refractivity contribution >= 4 is 49.1 Å². The quantitative estimate of drug-likeness (QED) is 0.723. The number of rotatable bonds is 2. The van der Waals surface area contributed by atoms with E-state index in [4.69, 9.17) is 5.73 Å². The molecule has 0 unspecified atom stereocenters. The second kappa shape index (κ2) is 5.97. The molecule has 0 atom stereocenters. The zero-order valence-corrected chi connectivity index (χ0v) is 14.3. The van der Waals surface area contributed by atoms with Crippen LogP contribution in [0.2, 0.25) is 0 Å². The zero-order chi connectivity index (χ0) is 14.9. The third-order valence-electron chi connectivity index (χ3n) is 3.03. The van der Waals surface area contributed by atoms with E-state index in [2.05, 4.69) is 37.2 Å². The average Bonchev–Trinajstić information content (AvgIpc) is 2.38. The topological polar surface area (TPSA) is 55.1 Å². The molecule has 0 aliphatic heterocycles. The maximum atomic E-state index is 12.4. The Balaban J connectivity index is 2.35. The normalized spacial score (nSPS) is 10.4. The molecule has 104 valence electrons. The van der Waals surface area contributed by atoms with E-state index < -0.39 is 0 Å². The summed E-state index contributed by atoms with van der Waals surface area (Å²) < 4.78 is 1.63. The van der Waals surface area contributed by atoms with Crippen molar-refractivity contribution in [3.63, 3.8) is 0 Å². The number of anilines is 2. The van der Waals surface area contributed by atoms with Gasteiger partial charge in [-0.15, -0.1) is 0 Å². The molecule has 0 fully saturated rings. The Bertz CT molecular complexity index is 684. The molecule has 3 N–H and O–H groups in total. The van der Waals surface area contributed by atoms with E-state index in [9.17, 15) is 4.79 Å². The van der Waals surface area contributed by atoms with Gasteiger partial charge in [-0.1, -0.05) is 22.0 Å². The van der Waals surface area contributed by atoms with Gasteiger partial charge in [0.15, 0.2) is 0 Å². The molecule has 2 aromatic carbocycles. The Labute approximate surface area is 134 Å². The van der Waals surface area contributed by atoms with E-state index in [-0.39, 0.29) is 5.91 Å². The zero-order valence-electron chi connectivity index (χ0n) is 11.1. The Hall–Kier alpha value is -1.33. The van der Waals surface area contributed by atoms with Gasteiger partial charge in [-0.05, 0) is 65.2 Å². The number of nitrogen functional groups attached to an aromatic ring is 1. The lowest BCUT2D eigenvalue weighted by Crippen LogP contribution is -2.14. The van der Waals surface area contributed by atoms with Crippen LogP contribution in [0.5, 0.6) is 0 Å². The molecule has 0 spiro atoms. The number of benzene rings is 2. The molecule has 0 radical (unpaired) electrons. The predicted molar refractivity (Wildman–Crippen MR) is 90.1 cm³/mol. The minimum Gasteiger partial charge on any atom is -0.398 e. The fraction of sp³-hybridized carbons (Fsp3) is 0.133.